The zero-order valence-corrected chi connectivity index (χ0v) is 15.9. The first-order chi connectivity index (χ1) is 11.5. The third-order valence-electron chi connectivity index (χ3n) is 4.69. The number of hydrogen-bond donors (Lipinski definition) is 2. The normalized spacial score (nSPS) is 22.3. The smallest absolute Gasteiger partial charge is 0.191 e. The van der Waals surface area contributed by atoms with Gasteiger partial charge < -0.3 is 10.6 Å². The molecule has 0 saturated carbocycles. The molecule has 0 aliphatic carbocycles. The van der Waals surface area contributed by atoms with E-state index in [-0.39, 0.29) is 0 Å². The zero-order valence-electron chi connectivity index (χ0n) is 15.9. The Bertz CT molecular complexity index is 521. The molecule has 2 unspecified atom stereocenters. The number of aromatic nitrogens is 2. The molecule has 0 amide bonds. The molecule has 136 valence electrons. The Morgan fingerprint density at radius 2 is 2.21 bits per heavy atom. The summed E-state index contributed by atoms with van der Waals surface area (Å²) < 4.78 is 1.85. The fraction of sp³-hybridized carbons (Fsp3) is 0.778. The minimum Gasteiger partial charge on any atom is -0.357 e. The summed E-state index contributed by atoms with van der Waals surface area (Å²) >= 11 is 0. The highest BCUT2D eigenvalue weighted by molar-refractivity contribution is 5.80. The molecule has 24 heavy (non-hydrogen) atoms. The molecule has 1 aromatic rings. The fourth-order valence-corrected chi connectivity index (χ4v) is 3.18. The van der Waals surface area contributed by atoms with Crippen molar-refractivity contribution in [3.8, 4) is 0 Å². The number of guanidine groups is 1. The van der Waals surface area contributed by atoms with Crippen molar-refractivity contribution in [1.82, 2.24) is 25.3 Å². The summed E-state index contributed by atoms with van der Waals surface area (Å²) in [4.78, 5) is 7.29. The average Bonchev–Trinajstić information content (AvgIpc) is 3.10. The third-order valence-corrected chi connectivity index (χ3v) is 4.69. The highest BCUT2D eigenvalue weighted by atomic mass is 15.3. The van der Waals surface area contributed by atoms with Gasteiger partial charge in [0.1, 0.15) is 0 Å². The lowest BCUT2D eigenvalue weighted by Crippen LogP contribution is -2.46. The Balaban J connectivity index is 1.82. The quantitative estimate of drug-likeness (QED) is 0.452. The van der Waals surface area contributed by atoms with Gasteiger partial charge in [-0.2, -0.15) is 5.10 Å². The van der Waals surface area contributed by atoms with Crippen molar-refractivity contribution in [3.63, 3.8) is 0 Å². The molecule has 0 bridgehead atoms. The largest absolute Gasteiger partial charge is 0.357 e. The van der Waals surface area contributed by atoms with E-state index in [1.807, 2.05) is 17.9 Å². The van der Waals surface area contributed by atoms with Crippen LogP contribution in [0.5, 0.6) is 0 Å². The minimum absolute atomic E-state index is 0.475. The van der Waals surface area contributed by atoms with Gasteiger partial charge in [0.25, 0.3) is 0 Å². The number of hydrogen-bond acceptors (Lipinski definition) is 3. The van der Waals surface area contributed by atoms with E-state index in [0.717, 1.165) is 45.0 Å². The summed E-state index contributed by atoms with van der Waals surface area (Å²) in [6.45, 7) is 13.0. The van der Waals surface area contributed by atoms with Crippen LogP contribution < -0.4 is 10.6 Å². The van der Waals surface area contributed by atoms with Gasteiger partial charge in [0, 0.05) is 51.5 Å². The van der Waals surface area contributed by atoms with Crippen LogP contribution in [0.1, 0.15) is 39.7 Å². The molecule has 6 nitrogen and oxygen atoms in total. The fourth-order valence-electron chi connectivity index (χ4n) is 3.18. The summed E-state index contributed by atoms with van der Waals surface area (Å²) in [5, 5.41) is 11.2. The van der Waals surface area contributed by atoms with Crippen molar-refractivity contribution in [2.45, 2.75) is 52.6 Å². The summed E-state index contributed by atoms with van der Waals surface area (Å²) in [6.07, 6.45) is 6.08. The lowest BCUT2D eigenvalue weighted by Gasteiger charge is -2.21. The molecule has 1 aliphatic rings. The molecule has 2 rings (SSSR count). The number of nitrogens with zero attached hydrogens (tertiary/aromatic N) is 4. The van der Waals surface area contributed by atoms with E-state index >= 15 is 0 Å². The first-order valence-electron chi connectivity index (χ1n) is 9.26. The Morgan fingerprint density at radius 3 is 2.79 bits per heavy atom. The van der Waals surface area contributed by atoms with Crippen LogP contribution in [0.2, 0.25) is 0 Å². The van der Waals surface area contributed by atoms with Crippen LogP contribution in [-0.4, -0.2) is 58.9 Å². The molecule has 2 atom stereocenters. The van der Waals surface area contributed by atoms with E-state index in [9.17, 15) is 0 Å². The van der Waals surface area contributed by atoms with Gasteiger partial charge >= 0.3 is 0 Å². The number of nitrogens with one attached hydrogen (secondary N) is 2. The van der Waals surface area contributed by atoms with Gasteiger partial charge in [-0.1, -0.05) is 6.92 Å². The number of aliphatic imine (C=N–C) groups is 1. The van der Waals surface area contributed by atoms with Crippen molar-refractivity contribution in [2.24, 2.45) is 18.0 Å². The molecule has 6 heteroatoms. The number of likely N-dealkylation sites (tertiary alicyclic amines) is 1. The molecule has 0 radical (unpaired) electrons. The zero-order chi connectivity index (χ0) is 17.5. The van der Waals surface area contributed by atoms with E-state index in [4.69, 9.17) is 4.99 Å². The van der Waals surface area contributed by atoms with E-state index in [0.29, 0.717) is 18.0 Å². The lowest BCUT2D eigenvalue weighted by atomic mass is 10.1. The van der Waals surface area contributed by atoms with Gasteiger partial charge in [0.05, 0.1) is 6.20 Å². The summed E-state index contributed by atoms with van der Waals surface area (Å²) in [7, 11) is 1.96. The Labute approximate surface area is 146 Å². The second kappa shape index (κ2) is 9.06. The summed E-state index contributed by atoms with van der Waals surface area (Å²) in [5.41, 5.74) is 1.28. The SMILES string of the molecule is CCNC(=NCCCc1cnn(C)c1)NC1CN(C(C)C)CC1C. The predicted octanol–water partition coefficient (Wildman–Crippen LogP) is 1.64. The Hall–Kier alpha value is -1.56. The lowest BCUT2D eigenvalue weighted by molar-refractivity contribution is 0.265. The van der Waals surface area contributed by atoms with Crippen LogP contribution in [0.3, 0.4) is 0 Å². The van der Waals surface area contributed by atoms with Crippen molar-refractivity contribution in [3.05, 3.63) is 18.0 Å². The van der Waals surface area contributed by atoms with E-state index < -0.39 is 0 Å². The molecule has 0 aromatic carbocycles. The Morgan fingerprint density at radius 1 is 1.42 bits per heavy atom. The van der Waals surface area contributed by atoms with E-state index in [2.05, 4.69) is 54.5 Å². The first kappa shape index (κ1) is 18.8. The van der Waals surface area contributed by atoms with Crippen LogP contribution in [-0.2, 0) is 13.5 Å². The van der Waals surface area contributed by atoms with Gasteiger partial charge in [0.15, 0.2) is 5.96 Å². The number of rotatable bonds is 7. The third kappa shape index (κ3) is 5.51. The predicted molar refractivity (Wildman–Crippen MR) is 100 cm³/mol. The van der Waals surface area contributed by atoms with Crippen LogP contribution in [0.4, 0.5) is 0 Å². The van der Waals surface area contributed by atoms with Crippen molar-refractivity contribution < 1.29 is 0 Å². The highest BCUT2D eigenvalue weighted by Gasteiger charge is 2.31. The standard InChI is InChI=1S/C18H34N6/c1-6-19-18(20-9-7-8-16-10-21-23(5)12-16)22-17-13-24(14(2)3)11-15(17)4/h10,12,14-15,17H,6-9,11,13H2,1-5H3,(H2,19,20,22). The molecule has 1 saturated heterocycles. The molecular formula is C18H34N6. The summed E-state index contributed by atoms with van der Waals surface area (Å²) in [6, 6.07) is 1.08. The van der Waals surface area contributed by atoms with E-state index in [1.165, 1.54) is 5.56 Å². The van der Waals surface area contributed by atoms with Gasteiger partial charge in [0.2, 0.25) is 0 Å². The monoisotopic (exact) mass is 334 g/mol. The summed E-state index contributed by atoms with van der Waals surface area (Å²) in [5.74, 6) is 1.60. The maximum absolute atomic E-state index is 4.75. The molecule has 1 aromatic heterocycles. The van der Waals surface area contributed by atoms with Crippen LogP contribution in [0.25, 0.3) is 0 Å². The van der Waals surface area contributed by atoms with Crippen molar-refractivity contribution >= 4 is 5.96 Å². The van der Waals surface area contributed by atoms with E-state index in [1.54, 1.807) is 0 Å². The van der Waals surface area contributed by atoms with Crippen LogP contribution >= 0.6 is 0 Å². The van der Waals surface area contributed by atoms with Crippen molar-refractivity contribution in [2.75, 3.05) is 26.2 Å². The van der Waals surface area contributed by atoms with Crippen molar-refractivity contribution in [1.29, 1.82) is 0 Å². The van der Waals surface area contributed by atoms with Gasteiger partial charge in [-0.05, 0) is 45.1 Å². The second-order valence-electron chi connectivity index (χ2n) is 7.16. The topological polar surface area (TPSA) is 57.5 Å². The molecule has 2 heterocycles. The van der Waals surface area contributed by atoms with Crippen LogP contribution in [0, 0.1) is 5.92 Å². The molecule has 1 aliphatic heterocycles. The van der Waals surface area contributed by atoms with Gasteiger partial charge in [-0.25, -0.2) is 0 Å². The first-order valence-corrected chi connectivity index (χ1v) is 9.26. The molecule has 1 fully saturated rings. The molecular weight excluding hydrogens is 300 g/mol. The highest BCUT2D eigenvalue weighted by Crippen LogP contribution is 2.18. The Kier molecular flexibility index (Phi) is 7.09. The van der Waals surface area contributed by atoms with Crippen LogP contribution in [0.15, 0.2) is 17.4 Å². The maximum atomic E-state index is 4.75. The molecule has 2 N–H and O–H groups in total. The maximum Gasteiger partial charge on any atom is 0.191 e. The molecule has 0 spiro atoms. The average molecular weight is 335 g/mol. The minimum atomic E-state index is 0.475. The number of aryl methyl sites for hydroxylation is 2. The van der Waals surface area contributed by atoms with Gasteiger partial charge in [-0.3, -0.25) is 14.6 Å². The second-order valence-corrected chi connectivity index (χ2v) is 7.16. The van der Waals surface area contributed by atoms with Gasteiger partial charge in [-0.15, -0.1) is 0 Å².